The van der Waals surface area contributed by atoms with Crippen molar-refractivity contribution in [2.45, 2.75) is 39.5 Å². The molecule has 0 N–H and O–H groups in total. The van der Waals surface area contributed by atoms with Gasteiger partial charge in [-0.2, -0.15) is 0 Å². The van der Waals surface area contributed by atoms with Crippen molar-refractivity contribution in [3.05, 3.63) is 59.7 Å². The van der Waals surface area contributed by atoms with E-state index in [1.165, 1.54) is 58.4 Å². The third-order valence-electron chi connectivity index (χ3n) is 4.10. The minimum Gasteiger partial charge on any atom is -0.0651 e. The van der Waals surface area contributed by atoms with Crippen LogP contribution in [0.2, 0.25) is 0 Å². The van der Waals surface area contributed by atoms with Gasteiger partial charge in [0.1, 0.15) is 0 Å². The van der Waals surface area contributed by atoms with E-state index in [0.29, 0.717) is 0 Å². The van der Waals surface area contributed by atoms with E-state index in [9.17, 15) is 0 Å². The molecular formula is C20H22. The van der Waals surface area contributed by atoms with Gasteiger partial charge in [0.25, 0.3) is 0 Å². The van der Waals surface area contributed by atoms with Crippen LogP contribution in [0.5, 0.6) is 0 Å². The van der Waals surface area contributed by atoms with Crippen LogP contribution in [0.1, 0.15) is 37.8 Å². The zero-order valence-electron chi connectivity index (χ0n) is 12.4. The summed E-state index contributed by atoms with van der Waals surface area (Å²) in [5.74, 6) is 0. The SMILES string of the molecule is CCCc1ccc(CCC)c2cc3ccccc3cc12. The Balaban J connectivity index is 2.33. The van der Waals surface area contributed by atoms with Crippen molar-refractivity contribution in [2.24, 2.45) is 0 Å². The van der Waals surface area contributed by atoms with Crippen LogP contribution in [0.15, 0.2) is 48.5 Å². The van der Waals surface area contributed by atoms with Crippen molar-refractivity contribution in [1.29, 1.82) is 0 Å². The molecule has 0 radical (unpaired) electrons. The molecule has 0 atom stereocenters. The summed E-state index contributed by atoms with van der Waals surface area (Å²) < 4.78 is 0. The Hall–Kier alpha value is -1.82. The summed E-state index contributed by atoms with van der Waals surface area (Å²) in [7, 11) is 0. The second kappa shape index (κ2) is 5.66. The number of rotatable bonds is 4. The molecule has 0 unspecified atom stereocenters. The van der Waals surface area contributed by atoms with E-state index >= 15 is 0 Å². The van der Waals surface area contributed by atoms with Gasteiger partial charge in [0.05, 0.1) is 0 Å². The molecule has 0 heteroatoms. The summed E-state index contributed by atoms with van der Waals surface area (Å²) in [6, 6.07) is 18.1. The molecule has 3 aromatic rings. The molecule has 0 aliphatic carbocycles. The van der Waals surface area contributed by atoms with Gasteiger partial charge < -0.3 is 0 Å². The molecule has 3 rings (SSSR count). The molecular weight excluding hydrogens is 240 g/mol. The maximum atomic E-state index is 2.38. The lowest BCUT2D eigenvalue weighted by Crippen LogP contribution is -1.92. The van der Waals surface area contributed by atoms with Gasteiger partial charge >= 0.3 is 0 Å². The highest BCUT2D eigenvalue weighted by Crippen LogP contribution is 2.29. The van der Waals surface area contributed by atoms with Gasteiger partial charge in [-0.05, 0) is 57.6 Å². The van der Waals surface area contributed by atoms with Crippen molar-refractivity contribution in [3.63, 3.8) is 0 Å². The average molecular weight is 262 g/mol. The summed E-state index contributed by atoms with van der Waals surface area (Å²) in [5.41, 5.74) is 2.99. The zero-order chi connectivity index (χ0) is 13.9. The quantitative estimate of drug-likeness (QED) is 0.514. The Bertz CT molecular complexity index is 673. The van der Waals surface area contributed by atoms with Crippen molar-refractivity contribution in [3.8, 4) is 0 Å². The standard InChI is InChI=1S/C20H22/c1-3-7-15-11-12-16(8-4-2)20-14-18-10-6-5-9-17(18)13-19(15)20/h5-6,9-14H,3-4,7-8H2,1-2H3. The number of fused-ring (bicyclic) bond motifs is 2. The minimum absolute atomic E-state index is 1.17. The fraction of sp³-hybridized carbons (Fsp3) is 0.300. The highest BCUT2D eigenvalue weighted by Gasteiger charge is 2.07. The van der Waals surface area contributed by atoms with Gasteiger partial charge in [0.15, 0.2) is 0 Å². The van der Waals surface area contributed by atoms with Crippen molar-refractivity contribution in [1.82, 2.24) is 0 Å². The van der Waals surface area contributed by atoms with E-state index in [2.05, 4.69) is 62.4 Å². The largest absolute Gasteiger partial charge is 0.0651 e. The molecule has 20 heavy (non-hydrogen) atoms. The molecule has 0 saturated heterocycles. The highest BCUT2D eigenvalue weighted by atomic mass is 14.1. The summed E-state index contributed by atoms with van der Waals surface area (Å²) in [6.45, 7) is 4.51. The van der Waals surface area contributed by atoms with Crippen LogP contribution in [-0.4, -0.2) is 0 Å². The average Bonchev–Trinajstić information content (AvgIpc) is 2.48. The van der Waals surface area contributed by atoms with Crippen LogP contribution < -0.4 is 0 Å². The Morgan fingerprint density at radius 1 is 0.650 bits per heavy atom. The smallest absolute Gasteiger partial charge is 0.0143 e. The first-order valence-electron chi connectivity index (χ1n) is 7.76. The Morgan fingerprint density at radius 2 is 1.10 bits per heavy atom. The van der Waals surface area contributed by atoms with Gasteiger partial charge in [-0.25, -0.2) is 0 Å². The minimum atomic E-state index is 1.17. The Labute approximate surface area is 121 Å². The van der Waals surface area contributed by atoms with Crippen molar-refractivity contribution < 1.29 is 0 Å². The fourth-order valence-electron chi connectivity index (χ4n) is 3.13. The van der Waals surface area contributed by atoms with E-state index in [0.717, 1.165) is 0 Å². The molecule has 0 aliphatic heterocycles. The van der Waals surface area contributed by atoms with Gasteiger partial charge in [-0.15, -0.1) is 0 Å². The predicted molar refractivity (Wildman–Crippen MR) is 89.4 cm³/mol. The van der Waals surface area contributed by atoms with Gasteiger partial charge in [-0.3, -0.25) is 0 Å². The molecule has 102 valence electrons. The maximum Gasteiger partial charge on any atom is -0.0143 e. The molecule has 0 aliphatic rings. The maximum absolute atomic E-state index is 2.38. The zero-order valence-corrected chi connectivity index (χ0v) is 12.4. The summed E-state index contributed by atoms with van der Waals surface area (Å²) >= 11 is 0. The van der Waals surface area contributed by atoms with Crippen molar-refractivity contribution in [2.75, 3.05) is 0 Å². The first-order valence-corrected chi connectivity index (χ1v) is 7.76. The Morgan fingerprint density at radius 3 is 1.50 bits per heavy atom. The van der Waals surface area contributed by atoms with E-state index in [4.69, 9.17) is 0 Å². The monoisotopic (exact) mass is 262 g/mol. The molecule has 0 saturated carbocycles. The van der Waals surface area contributed by atoms with Crippen LogP contribution in [0, 0.1) is 0 Å². The van der Waals surface area contributed by atoms with Crippen LogP contribution in [-0.2, 0) is 12.8 Å². The first kappa shape index (κ1) is 13.2. The summed E-state index contributed by atoms with van der Waals surface area (Å²) in [6.07, 6.45) is 4.74. The van der Waals surface area contributed by atoms with E-state index in [1.807, 2.05) is 0 Å². The number of aryl methyl sites for hydroxylation is 2. The van der Waals surface area contributed by atoms with E-state index < -0.39 is 0 Å². The van der Waals surface area contributed by atoms with Gasteiger partial charge in [0, 0.05) is 0 Å². The van der Waals surface area contributed by atoms with Gasteiger partial charge in [-0.1, -0.05) is 63.1 Å². The number of hydrogen-bond donors (Lipinski definition) is 0. The lowest BCUT2D eigenvalue weighted by Gasteiger charge is -2.12. The molecule has 0 bridgehead atoms. The number of hydrogen-bond acceptors (Lipinski definition) is 0. The molecule has 0 amide bonds. The lowest BCUT2D eigenvalue weighted by molar-refractivity contribution is 0.916. The van der Waals surface area contributed by atoms with Crippen molar-refractivity contribution >= 4 is 21.5 Å². The molecule has 0 heterocycles. The summed E-state index contributed by atoms with van der Waals surface area (Å²) in [5, 5.41) is 5.62. The van der Waals surface area contributed by atoms with Crippen LogP contribution in [0.3, 0.4) is 0 Å². The highest BCUT2D eigenvalue weighted by molar-refractivity contribution is 6.01. The fourth-order valence-corrected chi connectivity index (χ4v) is 3.13. The summed E-state index contributed by atoms with van der Waals surface area (Å²) in [4.78, 5) is 0. The second-order valence-corrected chi connectivity index (χ2v) is 5.63. The molecule has 0 spiro atoms. The van der Waals surface area contributed by atoms with Gasteiger partial charge in [0.2, 0.25) is 0 Å². The first-order chi connectivity index (χ1) is 9.83. The second-order valence-electron chi connectivity index (χ2n) is 5.63. The molecule has 0 fully saturated rings. The normalized spacial score (nSPS) is 11.3. The van der Waals surface area contributed by atoms with E-state index in [-0.39, 0.29) is 0 Å². The number of benzene rings is 3. The van der Waals surface area contributed by atoms with Crippen LogP contribution in [0.25, 0.3) is 21.5 Å². The Kier molecular flexibility index (Phi) is 3.73. The molecule has 3 aromatic carbocycles. The third-order valence-corrected chi connectivity index (χ3v) is 4.10. The topological polar surface area (TPSA) is 0 Å². The van der Waals surface area contributed by atoms with E-state index in [1.54, 1.807) is 0 Å². The third kappa shape index (κ3) is 2.31. The molecule has 0 nitrogen and oxygen atoms in total. The predicted octanol–water partition coefficient (Wildman–Crippen LogP) is 5.90. The van der Waals surface area contributed by atoms with Crippen LogP contribution >= 0.6 is 0 Å². The van der Waals surface area contributed by atoms with Crippen LogP contribution in [0.4, 0.5) is 0 Å². The lowest BCUT2D eigenvalue weighted by atomic mass is 9.93. The molecule has 0 aromatic heterocycles.